The van der Waals surface area contributed by atoms with E-state index < -0.39 is 0 Å². The Labute approximate surface area is 113 Å². The summed E-state index contributed by atoms with van der Waals surface area (Å²) in [5, 5.41) is 4.49. The van der Waals surface area contributed by atoms with Crippen molar-refractivity contribution in [3.8, 4) is 0 Å². The van der Waals surface area contributed by atoms with Crippen molar-refractivity contribution < 1.29 is 4.39 Å². The molecule has 0 aliphatic carbocycles. The van der Waals surface area contributed by atoms with E-state index in [1.54, 1.807) is 6.07 Å². The Morgan fingerprint density at radius 1 is 1.32 bits per heavy atom. The van der Waals surface area contributed by atoms with Gasteiger partial charge in [0.2, 0.25) is 0 Å². The van der Waals surface area contributed by atoms with Gasteiger partial charge in [-0.2, -0.15) is 0 Å². The number of hydrogen-bond donors (Lipinski definition) is 1. The summed E-state index contributed by atoms with van der Waals surface area (Å²) in [4.78, 5) is 0. The van der Waals surface area contributed by atoms with Gasteiger partial charge in [0.15, 0.2) is 0 Å². The maximum Gasteiger partial charge on any atom is 0.127 e. The molecule has 1 aromatic carbocycles. The average molecular weight is 260 g/mol. The van der Waals surface area contributed by atoms with Crippen LogP contribution in [0.3, 0.4) is 0 Å². The van der Waals surface area contributed by atoms with Gasteiger partial charge in [0, 0.05) is 29.7 Å². The van der Waals surface area contributed by atoms with Crippen LogP contribution in [0.15, 0.2) is 18.2 Å². The van der Waals surface area contributed by atoms with Crippen molar-refractivity contribution >= 4 is 10.9 Å². The number of aromatic nitrogens is 1. The van der Waals surface area contributed by atoms with Gasteiger partial charge < -0.3 is 9.88 Å². The number of benzene rings is 1. The maximum atomic E-state index is 14.2. The topological polar surface area (TPSA) is 17.0 Å². The normalized spacial score (nSPS) is 20.1. The van der Waals surface area contributed by atoms with Gasteiger partial charge in [-0.1, -0.05) is 6.42 Å². The molecule has 1 N–H and O–H groups in total. The Morgan fingerprint density at radius 2 is 2.16 bits per heavy atom. The number of halogens is 1. The fourth-order valence-corrected chi connectivity index (χ4v) is 3.06. The van der Waals surface area contributed by atoms with Gasteiger partial charge in [-0.05, 0) is 56.5 Å². The monoisotopic (exact) mass is 260 g/mol. The zero-order chi connectivity index (χ0) is 13.4. The van der Waals surface area contributed by atoms with Crippen LogP contribution in [0.2, 0.25) is 0 Å². The Balaban J connectivity index is 1.93. The largest absolute Gasteiger partial charge is 0.348 e. The zero-order valence-electron chi connectivity index (χ0n) is 11.7. The Morgan fingerprint density at radius 3 is 2.89 bits per heavy atom. The SMILES string of the molecule is Cc1cc2cc(F)c(CC3CCCCN3)cc2n1C. The third-order valence-electron chi connectivity index (χ3n) is 4.33. The van der Waals surface area contributed by atoms with Crippen LogP contribution >= 0.6 is 0 Å². The average Bonchev–Trinajstić information content (AvgIpc) is 2.67. The molecule has 0 radical (unpaired) electrons. The molecule has 0 spiro atoms. The second kappa shape index (κ2) is 4.97. The third kappa shape index (κ3) is 2.39. The number of nitrogens with one attached hydrogen (secondary N) is 1. The van der Waals surface area contributed by atoms with Crippen LogP contribution in [0.5, 0.6) is 0 Å². The molecule has 3 heteroatoms. The van der Waals surface area contributed by atoms with Crippen LogP contribution in [-0.2, 0) is 13.5 Å². The summed E-state index contributed by atoms with van der Waals surface area (Å²) in [7, 11) is 2.04. The molecular weight excluding hydrogens is 239 g/mol. The van der Waals surface area contributed by atoms with Crippen molar-refractivity contribution in [3.05, 3.63) is 35.3 Å². The standard InChI is InChI=1S/C16H21FN2/c1-11-7-13-9-15(17)12(10-16(13)19(11)2)8-14-5-3-4-6-18-14/h7,9-10,14,18H,3-6,8H2,1-2H3. The molecule has 1 aliphatic rings. The minimum Gasteiger partial charge on any atom is -0.348 e. The van der Waals surface area contributed by atoms with Crippen LogP contribution < -0.4 is 5.32 Å². The summed E-state index contributed by atoms with van der Waals surface area (Å²) < 4.78 is 16.3. The molecular formula is C16H21FN2. The van der Waals surface area contributed by atoms with Crippen molar-refractivity contribution in [3.63, 3.8) is 0 Å². The summed E-state index contributed by atoms with van der Waals surface area (Å²) in [5.74, 6) is -0.0644. The quantitative estimate of drug-likeness (QED) is 0.876. The van der Waals surface area contributed by atoms with E-state index in [0.717, 1.165) is 35.9 Å². The summed E-state index contributed by atoms with van der Waals surface area (Å²) >= 11 is 0. The van der Waals surface area contributed by atoms with Crippen LogP contribution in [-0.4, -0.2) is 17.2 Å². The predicted octanol–water partition coefficient (Wildman–Crippen LogP) is 3.31. The lowest BCUT2D eigenvalue weighted by atomic mass is 9.97. The lowest BCUT2D eigenvalue weighted by Crippen LogP contribution is -2.35. The highest BCUT2D eigenvalue weighted by Crippen LogP contribution is 2.24. The second-order valence-electron chi connectivity index (χ2n) is 5.70. The number of nitrogens with zero attached hydrogens (tertiary/aromatic N) is 1. The highest BCUT2D eigenvalue weighted by atomic mass is 19.1. The highest BCUT2D eigenvalue weighted by molar-refractivity contribution is 5.82. The summed E-state index contributed by atoms with van der Waals surface area (Å²) in [6, 6.07) is 6.18. The Bertz CT molecular complexity index is 594. The fourth-order valence-electron chi connectivity index (χ4n) is 3.06. The molecule has 1 unspecified atom stereocenters. The smallest absolute Gasteiger partial charge is 0.127 e. The van der Waals surface area contributed by atoms with Gasteiger partial charge in [-0.25, -0.2) is 4.39 Å². The van der Waals surface area contributed by atoms with Crippen molar-refractivity contribution in [1.29, 1.82) is 0 Å². The maximum absolute atomic E-state index is 14.2. The molecule has 2 heterocycles. The van der Waals surface area contributed by atoms with Crippen molar-refractivity contribution in [2.45, 2.75) is 38.6 Å². The van der Waals surface area contributed by atoms with E-state index in [0.29, 0.717) is 6.04 Å². The minimum atomic E-state index is -0.0644. The molecule has 1 atom stereocenters. The molecule has 1 aromatic heterocycles. The molecule has 0 saturated carbocycles. The van der Waals surface area contributed by atoms with E-state index >= 15 is 0 Å². The number of fused-ring (bicyclic) bond motifs is 1. The lowest BCUT2D eigenvalue weighted by molar-refractivity contribution is 0.395. The first-order chi connectivity index (χ1) is 9.15. The highest BCUT2D eigenvalue weighted by Gasteiger charge is 2.16. The van der Waals surface area contributed by atoms with Crippen LogP contribution in [0.4, 0.5) is 4.39 Å². The van der Waals surface area contributed by atoms with E-state index in [-0.39, 0.29) is 5.82 Å². The van der Waals surface area contributed by atoms with Gasteiger partial charge in [0.25, 0.3) is 0 Å². The molecule has 19 heavy (non-hydrogen) atoms. The molecule has 1 saturated heterocycles. The van der Waals surface area contributed by atoms with Gasteiger partial charge in [-0.15, -0.1) is 0 Å². The van der Waals surface area contributed by atoms with E-state index in [1.807, 2.05) is 19.2 Å². The third-order valence-corrected chi connectivity index (χ3v) is 4.33. The van der Waals surface area contributed by atoms with E-state index in [2.05, 4.69) is 16.8 Å². The van der Waals surface area contributed by atoms with Gasteiger partial charge in [-0.3, -0.25) is 0 Å². The molecule has 0 bridgehead atoms. The van der Waals surface area contributed by atoms with Crippen molar-refractivity contribution in [2.75, 3.05) is 6.54 Å². The number of rotatable bonds is 2. The van der Waals surface area contributed by atoms with E-state index in [4.69, 9.17) is 0 Å². The first-order valence-corrected chi connectivity index (χ1v) is 7.13. The summed E-state index contributed by atoms with van der Waals surface area (Å²) in [6.07, 6.45) is 4.45. The molecule has 102 valence electrons. The summed E-state index contributed by atoms with van der Waals surface area (Å²) in [5.41, 5.74) is 3.14. The van der Waals surface area contributed by atoms with E-state index in [1.165, 1.54) is 18.5 Å². The molecule has 0 amide bonds. The van der Waals surface area contributed by atoms with Crippen LogP contribution in [0, 0.1) is 12.7 Å². The van der Waals surface area contributed by atoms with Gasteiger partial charge in [0.05, 0.1) is 0 Å². The first-order valence-electron chi connectivity index (χ1n) is 7.13. The zero-order valence-corrected chi connectivity index (χ0v) is 11.7. The molecule has 3 rings (SSSR count). The lowest BCUT2D eigenvalue weighted by Gasteiger charge is -2.23. The molecule has 2 nitrogen and oxygen atoms in total. The summed E-state index contributed by atoms with van der Waals surface area (Å²) in [6.45, 7) is 3.12. The van der Waals surface area contributed by atoms with Crippen LogP contribution in [0.1, 0.15) is 30.5 Å². The van der Waals surface area contributed by atoms with Crippen molar-refractivity contribution in [1.82, 2.24) is 9.88 Å². The number of hydrogen-bond acceptors (Lipinski definition) is 1. The Hall–Kier alpha value is -1.35. The second-order valence-corrected chi connectivity index (χ2v) is 5.70. The van der Waals surface area contributed by atoms with Gasteiger partial charge in [0.1, 0.15) is 5.82 Å². The van der Waals surface area contributed by atoms with Gasteiger partial charge >= 0.3 is 0 Å². The van der Waals surface area contributed by atoms with Crippen molar-refractivity contribution in [2.24, 2.45) is 7.05 Å². The molecule has 1 fully saturated rings. The number of aryl methyl sites for hydroxylation is 2. The van der Waals surface area contributed by atoms with E-state index in [9.17, 15) is 4.39 Å². The Kier molecular flexibility index (Phi) is 3.31. The minimum absolute atomic E-state index is 0.0644. The predicted molar refractivity (Wildman–Crippen MR) is 77.0 cm³/mol. The van der Waals surface area contributed by atoms with Crippen LogP contribution in [0.25, 0.3) is 10.9 Å². The first kappa shape index (κ1) is 12.7. The number of piperidine rings is 1. The molecule has 1 aliphatic heterocycles. The molecule has 2 aromatic rings. The fraction of sp³-hybridized carbons (Fsp3) is 0.500.